The number of anilines is 1. The molecule has 0 bridgehead atoms. The second-order valence-electron chi connectivity index (χ2n) is 11.2. The van der Waals surface area contributed by atoms with Gasteiger partial charge >= 0.3 is 6.03 Å². The number of carbonyl (C=O) groups is 1. The number of benzene rings is 2. The molecule has 2 aliphatic rings. The summed E-state index contributed by atoms with van der Waals surface area (Å²) < 4.78 is 0. The topological polar surface area (TPSA) is 67.5 Å². The van der Waals surface area contributed by atoms with Crippen LogP contribution >= 0.6 is 11.3 Å². The highest BCUT2D eigenvalue weighted by Gasteiger charge is 2.27. The van der Waals surface area contributed by atoms with Gasteiger partial charge in [-0.15, -0.1) is 11.3 Å². The van der Waals surface area contributed by atoms with Crippen molar-refractivity contribution in [3.8, 4) is 21.8 Å². The maximum atomic E-state index is 13.1. The summed E-state index contributed by atoms with van der Waals surface area (Å²) in [4.78, 5) is 22.3. The smallest absolute Gasteiger partial charge is 0.319 e. The minimum atomic E-state index is -0.0624. The molecule has 40 heavy (non-hydrogen) atoms. The molecular weight excluding hydrogens is 516 g/mol. The van der Waals surface area contributed by atoms with Gasteiger partial charge in [0, 0.05) is 67.4 Å². The molecular formula is C32H38N6OS. The number of hydrogen-bond acceptors (Lipinski definition) is 5. The van der Waals surface area contributed by atoms with Crippen LogP contribution in [-0.2, 0) is 19.5 Å². The molecule has 7 nitrogen and oxygen atoms in total. The molecule has 2 N–H and O–H groups in total. The predicted octanol–water partition coefficient (Wildman–Crippen LogP) is 6.21. The SMILES string of the molecule is CCCN(Cc1ccc(-c2[nH]nc3c2Cc2cc(CN4CCN(C)CC4)ccc2-3)s1)C(=O)Nc1cccc(C)c1. The summed E-state index contributed by atoms with van der Waals surface area (Å²) in [7, 11) is 2.20. The van der Waals surface area contributed by atoms with Crippen LogP contribution in [0.5, 0.6) is 0 Å². The lowest BCUT2D eigenvalue weighted by atomic mass is 10.0. The molecule has 2 amide bonds. The van der Waals surface area contributed by atoms with Crippen LogP contribution in [0, 0.1) is 6.92 Å². The summed E-state index contributed by atoms with van der Waals surface area (Å²) >= 11 is 1.74. The van der Waals surface area contributed by atoms with Gasteiger partial charge in [-0.05, 0) is 61.3 Å². The van der Waals surface area contributed by atoms with E-state index in [1.54, 1.807) is 11.3 Å². The number of thiophene rings is 1. The normalized spacial score (nSPS) is 15.2. The van der Waals surface area contributed by atoms with Crippen LogP contribution in [0.3, 0.4) is 0 Å². The number of aryl methyl sites for hydroxylation is 1. The van der Waals surface area contributed by atoms with Crippen molar-refractivity contribution in [3.63, 3.8) is 0 Å². The van der Waals surface area contributed by atoms with Gasteiger partial charge in [-0.25, -0.2) is 4.79 Å². The van der Waals surface area contributed by atoms with E-state index in [4.69, 9.17) is 5.10 Å². The van der Waals surface area contributed by atoms with E-state index in [2.05, 4.69) is 64.5 Å². The number of nitrogens with one attached hydrogen (secondary N) is 2. The Morgan fingerprint density at radius 2 is 1.95 bits per heavy atom. The fraction of sp³-hybridized carbons (Fsp3) is 0.375. The average molecular weight is 555 g/mol. The molecule has 1 saturated heterocycles. The second-order valence-corrected chi connectivity index (χ2v) is 12.3. The Hall–Kier alpha value is -3.46. The number of urea groups is 1. The quantitative estimate of drug-likeness (QED) is 0.239. The van der Waals surface area contributed by atoms with Crippen LogP contribution in [-0.4, -0.2) is 70.7 Å². The number of aromatic nitrogens is 2. The van der Waals surface area contributed by atoms with Crippen molar-refractivity contribution in [2.45, 2.75) is 39.8 Å². The van der Waals surface area contributed by atoms with E-state index < -0.39 is 0 Å². The zero-order valence-corrected chi connectivity index (χ0v) is 24.5. The summed E-state index contributed by atoms with van der Waals surface area (Å²) in [6.07, 6.45) is 1.81. The van der Waals surface area contributed by atoms with Crippen LogP contribution in [0.25, 0.3) is 21.8 Å². The largest absolute Gasteiger partial charge is 0.322 e. The molecule has 8 heteroatoms. The lowest BCUT2D eigenvalue weighted by Gasteiger charge is -2.32. The van der Waals surface area contributed by atoms with E-state index in [1.165, 1.54) is 27.1 Å². The summed E-state index contributed by atoms with van der Waals surface area (Å²) in [6, 6.07) is 19.1. The third-order valence-corrected chi connectivity index (χ3v) is 9.05. The third kappa shape index (κ3) is 5.70. The highest BCUT2D eigenvalue weighted by atomic mass is 32.1. The van der Waals surface area contributed by atoms with E-state index in [0.717, 1.165) is 73.1 Å². The molecule has 2 aromatic heterocycles. The van der Waals surface area contributed by atoms with Crippen LogP contribution in [0.15, 0.2) is 54.6 Å². The van der Waals surface area contributed by atoms with E-state index in [9.17, 15) is 4.79 Å². The first-order valence-corrected chi connectivity index (χ1v) is 15.1. The Morgan fingerprint density at radius 3 is 2.75 bits per heavy atom. The Kier molecular flexibility index (Phi) is 7.74. The van der Waals surface area contributed by atoms with Gasteiger partial charge in [0.25, 0.3) is 0 Å². The van der Waals surface area contributed by atoms with Crippen molar-refractivity contribution in [2.24, 2.45) is 0 Å². The van der Waals surface area contributed by atoms with Crippen molar-refractivity contribution in [2.75, 3.05) is 45.1 Å². The van der Waals surface area contributed by atoms with Crippen molar-refractivity contribution >= 4 is 23.1 Å². The number of piperazine rings is 1. The van der Waals surface area contributed by atoms with Crippen LogP contribution in [0.1, 0.15) is 40.5 Å². The van der Waals surface area contributed by atoms with Gasteiger partial charge in [0.2, 0.25) is 0 Å². The molecule has 3 heterocycles. The zero-order chi connectivity index (χ0) is 27.6. The van der Waals surface area contributed by atoms with E-state index in [-0.39, 0.29) is 6.03 Å². The molecule has 6 rings (SSSR count). The highest BCUT2D eigenvalue weighted by Crippen LogP contribution is 2.42. The van der Waals surface area contributed by atoms with Gasteiger partial charge in [0.1, 0.15) is 0 Å². The molecule has 0 atom stereocenters. The van der Waals surface area contributed by atoms with Crippen molar-refractivity contribution < 1.29 is 4.79 Å². The van der Waals surface area contributed by atoms with Gasteiger partial charge in [-0.1, -0.05) is 37.3 Å². The number of amides is 2. The average Bonchev–Trinajstić information content (AvgIpc) is 3.65. The van der Waals surface area contributed by atoms with E-state index >= 15 is 0 Å². The van der Waals surface area contributed by atoms with E-state index in [0.29, 0.717) is 13.1 Å². The summed E-state index contributed by atoms with van der Waals surface area (Å²) in [5, 5.41) is 11.1. The van der Waals surface area contributed by atoms with Gasteiger partial charge < -0.3 is 15.1 Å². The first kappa shape index (κ1) is 26.7. The number of fused-ring (bicyclic) bond motifs is 3. The van der Waals surface area contributed by atoms with E-state index in [1.807, 2.05) is 36.1 Å². The van der Waals surface area contributed by atoms with Gasteiger partial charge in [-0.3, -0.25) is 10.00 Å². The first-order chi connectivity index (χ1) is 19.5. The minimum absolute atomic E-state index is 0.0624. The highest BCUT2D eigenvalue weighted by molar-refractivity contribution is 7.15. The molecule has 0 radical (unpaired) electrons. The number of carbonyl (C=O) groups excluding carboxylic acids is 1. The lowest BCUT2D eigenvalue weighted by Crippen LogP contribution is -2.43. The van der Waals surface area contributed by atoms with Crippen molar-refractivity contribution in [1.29, 1.82) is 0 Å². The standard InChI is InChI=1S/C32H38N6OS/c1-4-12-38(32(39)33-25-7-5-6-22(2)17-25)21-26-9-11-29(40-26)31-28-19-24-18-23(8-10-27(24)30(28)34-35-31)20-37-15-13-36(3)14-16-37/h5-11,17-18H,4,12-16,19-21H2,1-3H3,(H,33,39)(H,34,35). The zero-order valence-electron chi connectivity index (χ0n) is 23.7. The number of aromatic amines is 1. The molecule has 4 aromatic rings. The molecule has 2 aromatic carbocycles. The number of hydrogen-bond donors (Lipinski definition) is 2. The number of H-pyrrole nitrogens is 1. The maximum Gasteiger partial charge on any atom is 0.322 e. The first-order valence-electron chi connectivity index (χ1n) is 14.3. The minimum Gasteiger partial charge on any atom is -0.319 e. The molecule has 208 valence electrons. The summed E-state index contributed by atoms with van der Waals surface area (Å²) in [5.41, 5.74) is 9.43. The van der Waals surface area contributed by atoms with Crippen molar-refractivity contribution in [3.05, 3.63) is 81.7 Å². The van der Waals surface area contributed by atoms with Crippen LogP contribution < -0.4 is 5.32 Å². The van der Waals surface area contributed by atoms with Gasteiger partial charge in [0.05, 0.1) is 22.8 Å². The molecule has 1 fully saturated rings. The Morgan fingerprint density at radius 1 is 1.10 bits per heavy atom. The Balaban J connectivity index is 1.14. The Labute approximate surface area is 240 Å². The number of nitrogens with zero attached hydrogens (tertiary/aromatic N) is 4. The number of likely N-dealkylation sites (N-methyl/N-ethyl adjacent to an activating group) is 1. The van der Waals surface area contributed by atoms with Gasteiger partial charge in [-0.2, -0.15) is 5.10 Å². The maximum absolute atomic E-state index is 13.1. The molecule has 0 spiro atoms. The second kappa shape index (κ2) is 11.6. The predicted molar refractivity (Wildman–Crippen MR) is 164 cm³/mol. The van der Waals surface area contributed by atoms with Crippen LogP contribution in [0.4, 0.5) is 10.5 Å². The molecule has 1 aliphatic carbocycles. The number of rotatable bonds is 8. The summed E-state index contributed by atoms with van der Waals surface area (Å²) in [6.45, 7) is 11.0. The summed E-state index contributed by atoms with van der Waals surface area (Å²) in [5.74, 6) is 0. The van der Waals surface area contributed by atoms with Crippen molar-refractivity contribution in [1.82, 2.24) is 24.9 Å². The molecule has 1 aliphatic heterocycles. The monoisotopic (exact) mass is 554 g/mol. The Bertz CT molecular complexity index is 1500. The lowest BCUT2D eigenvalue weighted by molar-refractivity contribution is 0.148. The molecule has 0 unspecified atom stereocenters. The van der Waals surface area contributed by atoms with Gasteiger partial charge in [0.15, 0.2) is 0 Å². The fourth-order valence-corrected chi connectivity index (χ4v) is 6.82. The third-order valence-electron chi connectivity index (χ3n) is 7.97. The molecule has 0 saturated carbocycles. The fourth-order valence-electron chi connectivity index (χ4n) is 5.77. The van der Waals surface area contributed by atoms with Crippen LogP contribution in [0.2, 0.25) is 0 Å².